The molecule has 178 valence electrons. The fourth-order valence-electron chi connectivity index (χ4n) is 3.10. The number of rotatable bonds is 12. The Balaban J connectivity index is 1.46. The molecule has 0 saturated heterocycles. The highest BCUT2D eigenvalue weighted by molar-refractivity contribution is 7.80. The van der Waals surface area contributed by atoms with E-state index >= 15 is 0 Å². The number of amides is 1. The lowest BCUT2D eigenvalue weighted by Crippen LogP contribution is -2.34. The number of thiocarbonyl (C=S) groups is 1. The fourth-order valence-corrected chi connectivity index (χ4v) is 3.30. The Morgan fingerprint density at radius 1 is 0.765 bits per heavy atom. The minimum Gasteiger partial charge on any atom is -0.494 e. The second kappa shape index (κ2) is 13.9. The molecular weight excluding hydrogens is 448 g/mol. The number of unbranched alkanes of at least 4 members (excludes halogenated alkanes) is 2. The van der Waals surface area contributed by atoms with Gasteiger partial charge in [-0.05, 0) is 67.2 Å². The second-order valence-corrected chi connectivity index (χ2v) is 7.90. The van der Waals surface area contributed by atoms with Gasteiger partial charge in [-0.3, -0.25) is 10.1 Å². The summed E-state index contributed by atoms with van der Waals surface area (Å²) in [6.45, 7) is 3.59. The minimum absolute atomic E-state index is 0.182. The van der Waals surface area contributed by atoms with E-state index in [0.29, 0.717) is 36.8 Å². The zero-order chi connectivity index (χ0) is 24.0. The summed E-state index contributed by atoms with van der Waals surface area (Å²) in [7, 11) is 0. The standard InChI is InChI=1S/C27H30N2O4S/c1-2-3-9-18-31-23-16-14-21(15-17-23)26(30)29-27(34)28-24-12-7-8-13-25(24)33-20-19-32-22-10-5-4-6-11-22/h4-8,10-17H,2-3,9,18-20H2,1H3,(H2,28,29,30,34). The van der Waals surface area contributed by atoms with Crippen LogP contribution in [0.4, 0.5) is 5.69 Å². The average molecular weight is 479 g/mol. The van der Waals surface area contributed by atoms with Crippen LogP contribution in [0.2, 0.25) is 0 Å². The van der Waals surface area contributed by atoms with Gasteiger partial charge < -0.3 is 19.5 Å². The van der Waals surface area contributed by atoms with E-state index in [2.05, 4.69) is 17.6 Å². The van der Waals surface area contributed by atoms with E-state index in [-0.39, 0.29) is 11.0 Å². The van der Waals surface area contributed by atoms with Gasteiger partial charge in [0, 0.05) is 5.56 Å². The molecule has 0 aromatic heterocycles. The van der Waals surface area contributed by atoms with Crippen LogP contribution in [0.3, 0.4) is 0 Å². The Morgan fingerprint density at radius 3 is 2.18 bits per heavy atom. The molecule has 0 spiro atoms. The van der Waals surface area contributed by atoms with Crippen molar-refractivity contribution in [3.8, 4) is 17.2 Å². The Bertz CT molecular complexity index is 1040. The van der Waals surface area contributed by atoms with Crippen LogP contribution in [-0.4, -0.2) is 30.8 Å². The molecule has 3 aromatic carbocycles. The van der Waals surface area contributed by atoms with Gasteiger partial charge in [-0.15, -0.1) is 0 Å². The predicted molar refractivity (Wildman–Crippen MR) is 139 cm³/mol. The quantitative estimate of drug-likeness (QED) is 0.252. The molecule has 2 N–H and O–H groups in total. The number of ether oxygens (including phenoxy) is 3. The van der Waals surface area contributed by atoms with E-state index in [9.17, 15) is 4.79 Å². The summed E-state index contributed by atoms with van der Waals surface area (Å²) < 4.78 is 17.2. The zero-order valence-corrected chi connectivity index (χ0v) is 20.1. The first-order chi connectivity index (χ1) is 16.7. The van der Waals surface area contributed by atoms with E-state index in [4.69, 9.17) is 26.4 Å². The van der Waals surface area contributed by atoms with Crippen molar-refractivity contribution in [3.05, 3.63) is 84.4 Å². The Kier molecular flexibility index (Phi) is 10.2. The molecular formula is C27H30N2O4S. The molecule has 0 saturated carbocycles. The second-order valence-electron chi connectivity index (χ2n) is 7.49. The van der Waals surface area contributed by atoms with E-state index in [1.165, 1.54) is 0 Å². The van der Waals surface area contributed by atoms with Crippen LogP contribution in [0, 0.1) is 0 Å². The number of nitrogens with one attached hydrogen (secondary N) is 2. The summed E-state index contributed by atoms with van der Waals surface area (Å²) in [5, 5.41) is 5.91. The van der Waals surface area contributed by atoms with Gasteiger partial charge in [-0.1, -0.05) is 50.1 Å². The highest BCUT2D eigenvalue weighted by Crippen LogP contribution is 2.23. The first-order valence-corrected chi connectivity index (χ1v) is 11.8. The number of hydrogen-bond donors (Lipinski definition) is 2. The van der Waals surface area contributed by atoms with Gasteiger partial charge in [0.05, 0.1) is 12.3 Å². The summed E-state index contributed by atoms with van der Waals surface area (Å²) in [6, 6.07) is 24.0. The van der Waals surface area contributed by atoms with Crippen molar-refractivity contribution in [2.75, 3.05) is 25.1 Å². The van der Waals surface area contributed by atoms with Crippen LogP contribution < -0.4 is 24.8 Å². The number of anilines is 1. The van der Waals surface area contributed by atoms with Gasteiger partial charge in [0.25, 0.3) is 5.91 Å². The average Bonchev–Trinajstić information content (AvgIpc) is 2.86. The van der Waals surface area contributed by atoms with Gasteiger partial charge in [0.1, 0.15) is 30.5 Å². The van der Waals surface area contributed by atoms with Crippen molar-refractivity contribution in [1.29, 1.82) is 0 Å². The smallest absolute Gasteiger partial charge is 0.257 e. The van der Waals surface area contributed by atoms with Crippen molar-refractivity contribution >= 4 is 28.9 Å². The van der Waals surface area contributed by atoms with E-state index in [1.54, 1.807) is 24.3 Å². The molecule has 0 heterocycles. The summed E-state index contributed by atoms with van der Waals surface area (Å²) >= 11 is 5.33. The van der Waals surface area contributed by atoms with Gasteiger partial charge in [-0.2, -0.15) is 0 Å². The van der Waals surface area contributed by atoms with Gasteiger partial charge in [0.15, 0.2) is 5.11 Å². The van der Waals surface area contributed by atoms with Crippen LogP contribution in [0.5, 0.6) is 17.2 Å². The summed E-state index contributed by atoms with van der Waals surface area (Å²) in [5.41, 5.74) is 1.15. The molecule has 3 rings (SSSR count). The first kappa shape index (κ1) is 25.1. The van der Waals surface area contributed by atoms with E-state index in [1.807, 2.05) is 54.6 Å². The Hall–Kier alpha value is -3.58. The largest absolute Gasteiger partial charge is 0.494 e. The molecule has 34 heavy (non-hydrogen) atoms. The fraction of sp³-hybridized carbons (Fsp3) is 0.259. The van der Waals surface area contributed by atoms with Crippen LogP contribution in [0.15, 0.2) is 78.9 Å². The van der Waals surface area contributed by atoms with Crippen molar-refractivity contribution < 1.29 is 19.0 Å². The SMILES string of the molecule is CCCCCOc1ccc(C(=O)NC(=S)Nc2ccccc2OCCOc2ccccc2)cc1. The third-order valence-electron chi connectivity index (χ3n) is 4.85. The monoisotopic (exact) mass is 478 g/mol. The molecule has 6 nitrogen and oxygen atoms in total. The zero-order valence-electron chi connectivity index (χ0n) is 19.3. The van der Waals surface area contributed by atoms with Crippen molar-refractivity contribution in [2.45, 2.75) is 26.2 Å². The van der Waals surface area contributed by atoms with Crippen molar-refractivity contribution in [1.82, 2.24) is 5.32 Å². The van der Waals surface area contributed by atoms with Crippen LogP contribution in [0.25, 0.3) is 0 Å². The molecule has 1 amide bonds. The molecule has 0 atom stereocenters. The maximum atomic E-state index is 12.6. The lowest BCUT2D eigenvalue weighted by Gasteiger charge is -2.15. The molecule has 7 heteroatoms. The normalized spacial score (nSPS) is 10.3. The molecule has 0 fully saturated rings. The molecule has 0 radical (unpaired) electrons. The molecule has 0 unspecified atom stereocenters. The predicted octanol–water partition coefficient (Wildman–Crippen LogP) is 5.84. The van der Waals surface area contributed by atoms with Crippen LogP contribution in [0.1, 0.15) is 36.5 Å². The van der Waals surface area contributed by atoms with Gasteiger partial charge in [0.2, 0.25) is 0 Å². The Labute approximate surface area is 206 Å². The lowest BCUT2D eigenvalue weighted by atomic mass is 10.2. The summed E-state index contributed by atoms with van der Waals surface area (Å²) in [6.07, 6.45) is 3.31. The van der Waals surface area contributed by atoms with Gasteiger partial charge >= 0.3 is 0 Å². The van der Waals surface area contributed by atoms with E-state index in [0.717, 1.165) is 30.8 Å². The van der Waals surface area contributed by atoms with E-state index < -0.39 is 0 Å². The molecule has 0 aliphatic heterocycles. The molecule has 0 aliphatic carbocycles. The third kappa shape index (κ3) is 8.41. The number of carbonyl (C=O) groups excluding carboxylic acids is 1. The summed E-state index contributed by atoms with van der Waals surface area (Å²) in [5.74, 6) is 1.85. The number of para-hydroxylation sites is 3. The minimum atomic E-state index is -0.301. The van der Waals surface area contributed by atoms with Crippen molar-refractivity contribution in [3.63, 3.8) is 0 Å². The van der Waals surface area contributed by atoms with Crippen LogP contribution in [-0.2, 0) is 0 Å². The highest BCUT2D eigenvalue weighted by atomic mass is 32.1. The third-order valence-corrected chi connectivity index (χ3v) is 5.05. The number of carbonyl (C=O) groups is 1. The first-order valence-electron chi connectivity index (χ1n) is 11.4. The maximum Gasteiger partial charge on any atom is 0.257 e. The van der Waals surface area contributed by atoms with Crippen LogP contribution >= 0.6 is 12.2 Å². The maximum absolute atomic E-state index is 12.6. The summed E-state index contributed by atoms with van der Waals surface area (Å²) in [4.78, 5) is 12.6. The molecule has 3 aromatic rings. The molecule has 0 aliphatic rings. The number of hydrogen-bond acceptors (Lipinski definition) is 5. The number of benzene rings is 3. The topological polar surface area (TPSA) is 68.8 Å². The van der Waals surface area contributed by atoms with Crippen molar-refractivity contribution in [2.24, 2.45) is 0 Å². The highest BCUT2D eigenvalue weighted by Gasteiger charge is 2.10. The molecule has 0 bridgehead atoms. The Morgan fingerprint density at radius 2 is 1.41 bits per heavy atom. The van der Waals surface area contributed by atoms with Gasteiger partial charge in [-0.25, -0.2) is 0 Å². The lowest BCUT2D eigenvalue weighted by molar-refractivity contribution is 0.0977.